The smallest absolute Gasteiger partial charge is 0.264 e. The van der Waals surface area contributed by atoms with E-state index in [1.54, 1.807) is 42.5 Å². The average Bonchev–Trinajstić information content (AvgIpc) is 2.91. The van der Waals surface area contributed by atoms with Crippen LogP contribution in [0.3, 0.4) is 0 Å². The maximum Gasteiger partial charge on any atom is 0.264 e. The number of H-pyrrole nitrogens is 1. The summed E-state index contributed by atoms with van der Waals surface area (Å²) in [6.07, 6.45) is 6.72. The number of hydrogen-bond donors (Lipinski definition) is 2. The van der Waals surface area contributed by atoms with Crippen molar-refractivity contribution in [2.45, 2.75) is 4.90 Å². The van der Waals surface area contributed by atoms with Gasteiger partial charge in [0.2, 0.25) is 0 Å². The molecule has 2 N–H and O–H groups in total. The highest BCUT2D eigenvalue weighted by Crippen LogP contribution is 2.27. The summed E-state index contributed by atoms with van der Waals surface area (Å²) in [5, 5.41) is 1.12. The van der Waals surface area contributed by atoms with Crippen molar-refractivity contribution in [1.82, 2.24) is 4.98 Å². The van der Waals surface area contributed by atoms with Crippen LogP contribution in [0.15, 0.2) is 53.6 Å². The lowest BCUT2D eigenvalue weighted by Gasteiger charge is -2.07. The lowest BCUT2D eigenvalue weighted by atomic mass is 10.2. The molecular formula is C16H11ClN2O2S. The summed E-state index contributed by atoms with van der Waals surface area (Å²) >= 11 is 5.90. The minimum absolute atomic E-state index is 0.167. The second-order valence-corrected chi connectivity index (χ2v) is 6.76. The van der Waals surface area contributed by atoms with Gasteiger partial charge in [-0.15, -0.1) is 6.42 Å². The van der Waals surface area contributed by atoms with Crippen LogP contribution in [-0.2, 0) is 10.0 Å². The molecule has 0 aliphatic rings. The Hall–Kier alpha value is -2.42. The predicted molar refractivity (Wildman–Crippen MR) is 88.5 cm³/mol. The number of rotatable bonds is 3. The van der Waals surface area contributed by atoms with Gasteiger partial charge >= 0.3 is 0 Å². The van der Waals surface area contributed by atoms with Gasteiger partial charge in [-0.25, -0.2) is 8.42 Å². The molecule has 2 aromatic carbocycles. The molecule has 0 unspecified atom stereocenters. The van der Waals surface area contributed by atoms with E-state index in [1.807, 2.05) is 0 Å². The van der Waals surface area contributed by atoms with E-state index in [9.17, 15) is 8.42 Å². The Morgan fingerprint density at radius 2 is 1.86 bits per heavy atom. The minimum Gasteiger partial charge on any atom is -0.360 e. The zero-order chi connectivity index (χ0) is 15.7. The van der Waals surface area contributed by atoms with E-state index in [1.165, 1.54) is 6.20 Å². The standard InChI is InChI=1S/C16H11ClN2O2S/c1-2-11-3-6-13(7-4-11)19-22(20,21)16-10-18-15-9-12(17)5-8-14(15)16/h1,3-10,18-19H. The molecule has 0 amide bonds. The fraction of sp³-hybridized carbons (Fsp3) is 0. The summed E-state index contributed by atoms with van der Waals surface area (Å²) in [4.78, 5) is 3.08. The van der Waals surface area contributed by atoms with Crippen LogP contribution in [-0.4, -0.2) is 13.4 Å². The highest BCUT2D eigenvalue weighted by molar-refractivity contribution is 7.93. The third kappa shape index (κ3) is 2.67. The van der Waals surface area contributed by atoms with Crippen molar-refractivity contribution in [3.05, 3.63) is 59.2 Å². The largest absolute Gasteiger partial charge is 0.360 e. The van der Waals surface area contributed by atoms with E-state index < -0.39 is 10.0 Å². The van der Waals surface area contributed by atoms with Crippen LogP contribution in [0.1, 0.15) is 5.56 Å². The number of halogens is 1. The Kier molecular flexibility index (Phi) is 3.57. The molecule has 3 rings (SSSR count). The van der Waals surface area contributed by atoms with Gasteiger partial charge < -0.3 is 4.98 Å². The first-order chi connectivity index (χ1) is 10.5. The summed E-state index contributed by atoms with van der Waals surface area (Å²) < 4.78 is 27.6. The normalized spacial score (nSPS) is 11.3. The van der Waals surface area contributed by atoms with Crippen molar-refractivity contribution < 1.29 is 8.42 Å². The van der Waals surface area contributed by atoms with Gasteiger partial charge in [-0.05, 0) is 42.5 Å². The van der Waals surface area contributed by atoms with Crippen LogP contribution >= 0.6 is 11.6 Å². The highest BCUT2D eigenvalue weighted by Gasteiger charge is 2.19. The van der Waals surface area contributed by atoms with Crippen LogP contribution in [0, 0.1) is 12.3 Å². The first kappa shape index (κ1) is 14.5. The number of sulfonamides is 1. The number of aromatic amines is 1. The summed E-state index contributed by atoms with van der Waals surface area (Å²) in [6, 6.07) is 11.6. The second kappa shape index (κ2) is 5.41. The van der Waals surface area contributed by atoms with Crippen molar-refractivity contribution in [3.8, 4) is 12.3 Å². The van der Waals surface area contributed by atoms with Crippen molar-refractivity contribution in [3.63, 3.8) is 0 Å². The van der Waals surface area contributed by atoms with Crippen molar-refractivity contribution >= 4 is 38.2 Å². The zero-order valence-electron chi connectivity index (χ0n) is 11.3. The molecule has 4 nitrogen and oxygen atoms in total. The Balaban J connectivity index is 1.99. The summed E-state index contributed by atoms with van der Waals surface area (Å²) in [6.45, 7) is 0. The molecule has 110 valence electrons. The van der Waals surface area contributed by atoms with E-state index in [2.05, 4.69) is 15.6 Å². The number of fused-ring (bicyclic) bond motifs is 1. The quantitative estimate of drug-likeness (QED) is 0.721. The molecule has 1 heterocycles. The van der Waals surface area contributed by atoms with Gasteiger partial charge in [-0.1, -0.05) is 17.5 Å². The molecule has 0 spiro atoms. The number of benzene rings is 2. The summed E-state index contributed by atoms with van der Waals surface area (Å²) in [5.41, 5.74) is 1.79. The van der Waals surface area contributed by atoms with Crippen LogP contribution in [0.25, 0.3) is 10.9 Å². The second-order valence-electron chi connectivity index (χ2n) is 4.67. The van der Waals surface area contributed by atoms with E-state index in [0.29, 0.717) is 27.2 Å². The molecule has 0 fully saturated rings. The van der Waals surface area contributed by atoms with E-state index >= 15 is 0 Å². The fourth-order valence-electron chi connectivity index (χ4n) is 2.14. The molecule has 0 saturated heterocycles. The molecule has 0 radical (unpaired) electrons. The number of hydrogen-bond acceptors (Lipinski definition) is 2. The molecule has 0 bridgehead atoms. The maximum absolute atomic E-state index is 12.5. The van der Waals surface area contributed by atoms with Crippen LogP contribution in [0.2, 0.25) is 5.02 Å². The number of terminal acetylenes is 1. The van der Waals surface area contributed by atoms with Crippen LogP contribution in [0.5, 0.6) is 0 Å². The molecule has 0 atom stereocenters. The van der Waals surface area contributed by atoms with Gasteiger partial charge in [-0.2, -0.15) is 0 Å². The van der Waals surface area contributed by atoms with E-state index in [0.717, 1.165) is 0 Å². The first-order valence-electron chi connectivity index (χ1n) is 6.36. The van der Waals surface area contributed by atoms with Gasteiger partial charge in [0.05, 0.1) is 0 Å². The molecule has 0 saturated carbocycles. The van der Waals surface area contributed by atoms with Gasteiger partial charge in [-0.3, -0.25) is 4.72 Å². The Morgan fingerprint density at radius 1 is 1.14 bits per heavy atom. The van der Waals surface area contributed by atoms with Crippen LogP contribution in [0.4, 0.5) is 5.69 Å². The predicted octanol–water partition coefficient (Wildman–Crippen LogP) is 3.60. The van der Waals surface area contributed by atoms with E-state index in [4.69, 9.17) is 18.0 Å². The summed E-state index contributed by atoms with van der Waals surface area (Å²) in [7, 11) is -3.71. The van der Waals surface area contributed by atoms with Crippen molar-refractivity contribution in [2.24, 2.45) is 0 Å². The molecule has 6 heteroatoms. The van der Waals surface area contributed by atoms with Crippen molar-refractivity contribution in [2.75, 3.05) is 4.72 Å². The van der Waals surface area contributed by atoms with E-state index in [-0.39, 0.29) is 4.90 Å². The third-order valence-corrected chi connectivity index (χ3v) is 4.86. The average molecular weight is 331 g/mol. The SMILES string of the molecule is C#Cc1ccc(NS(=O)(=O)c2c[nH]c3cc(Cl)ccc23)cc1. The zero-order valence-corrected chi connectivity index (χ0v) is 12.9. The Labute approximate surface area is 133 Å². The lowest BCUT2D eigenvalue weighted by Crippen LogP contribution is -2.12. The topological polar surface area (TPSA) is 62.0 Å². The molecule has 0 aliphatic carbocycles. The Morgan fingerprint density at radius 3 is 2.55 bits per heavy atom. The van der Waals surface area contributed by atoms with Gasteiger partial charge in [0, 0.05) is 33.4 Å². The fourth-order valence-corrected chi connectivity index (χ4v) is 3.55. The Bertz CT molecular complexity index is 983. The molecule has 22 heavy (non-hydrogen) atoms. The lowest BCUT2D eigenvalue weighted by molar-refractivity contribution is 0.602. The molecule has 0 aliphatic heterocycles. The minimum atomic E-state index is -3.71. The first-order valence-corrected chi connectivity index (χ1v) is 8.22. The molecular weight excluding hydrogens is 320 g/mol. The van der Waals surface area contributed by atoms with Gasteiger partial charge in [0.25, 0.3) is 10.0 Å². The molecule has 3 aromatic rings. The van der Waals surface area contributed by atoms with Crippen molar-refractivity contribution in [1.29, 1.82) is 0 Å². The number of nitrogens with one attached hydrogen (secondary N) is 2. The van der Waals surface area contributed by atoms with Gasteiger partial charge in [0.15, 0.2) is 0 Å². The third-order valence-electron chi connectivity index (χ3n) is 3.20. The molecule has 1 aromatic heterocycles. The van der Waals surface area contributed by atoms with Crippen LogP contribution < -0.4 is 4.72 Å². The van der Waals surface area contributed by atoms with Gasteiger partial charge in [0.1, 0.15) is 4.90 Å². The number of anilines is 1. The maximum atomic E-state index is 12.5. The summed E-state index contributed by atoms with van der Waals surface area (Å²) in [5.74, 6) is 2.48. The highest BCUT2D eigenvalue weighted by atomic mass is 35.5. The monoisotopic (exact) mass is 330 g/mol. The number of aromatic nitrogens is 1.